The normalized spacial score (nSPS) is 40.0. The standard InChI is InChI=1S/C20H32O4/c1-13(9-18(23)24)5-7-16-14(2)6-8-17-19(3,12-21)10-15(22)11-20(16,17)4/h6,9,15-17,21-22H,5,7-8,10-12H2,1-4H3,(H,23,24)/b13-9+/t15-,16-,17-,19-,20+/m0/s1. The first-order valence-corrected chi connectivity index (χ1v) is 8.98. The molecule has 2 aliphatic rings. The molecule has 0 amide bonds. The third-order valence-electron chi connectivity index (χ3n) is 6.59. The molecule has 4 heteroatoms. The SMILES string of the molecule is CC1=CC[C@H]2[C@](C)(CO)C[C@H](O)C[C@]2(C)[C@H]1CC/C(C)=C/C(=O)O. The van der Waals surface area contributed by atoms with Crippen LogP contribution in [0.4, 0.5) is 0 Å². The van der Waals surface area contributed by atoms with E-state index in [0.717, 1.165) is 31.3 Å². The lowest BCUT2D eigenvalue weighted by Crippen LogP contribution is -2.54. The Morgan fingerprint density at radius 2 is 2.04 bits per heavy atom. The Kier molecular flexibility index (Phi) is 5.61. The second-order valence-electron chi connectivity index (χ2n) is 8.54. The van der Waals surface area contributed by atoms with Crippen LogP contribution in [0.5, 0.6) is 0 Å². The molecule has 2 rings (SSSR count). The molecule has 3 N–H and O–H groups in total. The lowest BCUT2D eigenvalue weighted by atomic mass is 9.47. The molecule has 0 radical (unpaired) electrons. The van der Waals surface area contributed by atoms with E-state index in [1.54, 1.807) is 0 Å². The van der Waals surface area contributed by atoms with E-state index in [1.165, 1.54) is 11.6 Å². The topological polar surface area (TPSA) is 77.8 Å². The van der Waals surface area contributed by atoms with E-state index in [9.17, 15) is 15.0 Å². The fraction of sp³-hybridized carbons (Fsp3) is 0.750. The zero-order valence-corrected chi connectivity index (χ0v) is 15.4. The Bertz CT molecular complexity index is 550. The van der Waals surface area contributed by atoms with Gasteiger partial charge in [0.05, 0.1) is 6.10 Å². The van der Waals surface area contributed by atoms with Gasteiger partial charge in [-0.25, -0.2) is 4.79 Å². The van der Waals surface area contributed by atoms with Crippen LogP contribution < -0.4 is 0 Å². The summed E-state index contributed by atoms with van der Waals surface area (Å²) in [6, 6.07) is 0. The zero-order chi connectivity index (χ0) is 18.1. The highest BCUT2D eigenvalue weighted by Gasteiger charge is 2.55. The lowest BCUT2D eigenvalue weighted by Gasteiger charge is -2.58. The number of aliphatic hydroxyl groups excluding tert-OH is 2. The van der Waals surface area contributed by atoms with Gasteiger partial charge in [0.2, 0.25) is 0 Å². The number of carboxylic acid groups (broad SMARTS) is 1. The van der Waals surface area contributed by atoms with Gasteiger partial charge in [-0.3, -0.25) is 0 Å². The van der Waals surface area contributed by atoms with Gasteiger partial charge >= 0.3 is 5.97 Å². The van der Waals surface area contributed by atoms with Crippen LogP contribution in [0.2, 0.25) is 0 Å². The molecule has 4 nitrogen and oxygen atoms in total. The van der Waals surface area contributed by atoms with Crippen LogP contribution in [-0.4, -0.2) is 34.0 Å². The number of aliphatic carboxylic acids is 1. The van der Waals surface area contributed by atoms with Crippen molar-refractivity contribution in [3.63, 3.8) is 0 Å². The highest BCUT2D eigenvalue weighted by atomic mass is 16.4. The van der Waals surface area contributed by atoms with Gasteiger partial charge in [0.1, 0.15) is 0 Å². The van der Waals surface area contributed by atoms with Crippen LogP contribution >= 0.6 is 0 Å². The van der Waals surface area contributed by atoms with Gasteiger partial charge in [0, 0.05) is 12.7 Å². The minimum atomic E-state index is -0.895. The fourth-order valence-electron chi connectivity index (χ4n) is 5.49. The Balaban J connectivity index is 2.28. The number of hydrogen-bond donors (Lipinski definition) is 3. The smallest absolute Gasteiger partial charge is 0.328 e. The minimum absolute atomic E-state index is 0.0581. The molecular formula is C20H32O4. The van der Waals surface area contributed by atoms with Crippen molar-refractivity contribution in [2.75, 3.05) is 6.61 Å². The van der Waals surface area contributed by atoms with Crippen molar-refractivity contribution in [2.45, 2.75) is 65.9 Å². The summed E-state index contributed by atoms with van der Waals surface area (Å²) in [5, 5.41) is 29.3. The molecule has 0 aromatic heterocycles. The predicted molar refractivity (Wildman–Crippen MR) is 94.5 cm³/mol. The molecule has 5 atom stereocenters. The molecule has 136 valence electrons. The molecule has 24 heavy (non-hydrogen) atoms. The van der Waals surface area contributed by atoms with Crippen molar-refractivity contribution in [1.29, 1.82) is 0 Å². The number of allylic oxidation sites excluding steroid dienone is 3. The number of hydrogen-bond acceptors (Lipinski definition) is 3. The van der Waals surface area contributed by atoms with E-state index in [4.69, 9.17) is 5.11 Å². The van der Waals surface area contributed by atoms with Crippen LogP contribution in [0.3, 0.4) is 0 Å². The third-order valence-corrected chi connectivity index (χ3v) is 6.59. The molecule has 0 unspecified atom stereocenters. The molecule has 0 bridgehead atoms. The first-order valence-electron chi connectivity index (χ1n) is 8.98. The highest BCUT2D eigenvalue weighted by Crippen LogP contribution is 2.60. The number of carbonyl (C=O) groups is 1. The van der Waals surface area contributed by atoms with Crippen molar-refractivity contribution >= 4 is 5.97 Å². The molecule has 1 saturated carbocycles. The van der Waals surface area contributed by atoms with E-state index in [1.807, 2.05) is 6.92 Å². The Morgan fingerprint density at radius 3 is 2.62 bits per heavy atom. The van der Waals surface area contributed by atoms with E-state index < -0.39 is 5.97 Å². The van der Waals surface area contributed by atoms with Gasteiger partial charge < -0.3 is 15.3 Å². The number of fused-ring (bicyclic) bond motifs is 1. The Labute approximate surface area is 145 Å². The summed E-state index contributed by atoms with van der Waals surface area (Å²) < 4.78 is 0. The molecule has 0 saturated heterocycles. The summed E-state index contributed by atoms with van der Waals surface area (Å²) in [4.78, 5) is 10.8. The largest absolute Gasteiger partial charge is 0.478 e. The summed E-state index contributed by atoms with van der Waals surface area (Å²) in [6.45, 7) is 8.47. The van der Waals surface area contributed by atoms with Gasteiger partial charge in [0.25, 0.3) is 0 Å². The van der Waals surface area contributed by atoms with Gasteiger partial charge in [0.15, 0.2) is 0 Å². The molecule has 0 heterocycles. The second-order valence-corrected chi connectivity index (χ2v) is 8.54. The number of carboxylic acids is 1. The van der Waals surface area contributed by atoms with Gasteiger partial charge in [-0.1, -0.05) is 31.1 Å². The molecule has 2 aliphatic carbocycles. The van der Waals surface area contributed by atoms with Gasteiger partial charge in [-0.2, -0.15) is 0 Å². The van der Waals surface area contributed by atoms with E-state index in [-0.39, 0.29) is 23.5 Å². The summed E-state index contributed by atoms with van der Waals surface area (Å²) in [7, 11) is 0. The Morgan fingerprint density at radius 1 is 1.38 bits per heavy atom. The minimum Gasteiger partial charge on any atom is -0.478 e. The van der Waals surface area contributed by atoms with Crippen LogP contribution in [0.1, 0.15) is 59.8 Å². The van der Waals surface area contributed by atoms with Crippen molar-refractivity contribution in [3.8, 4) is 0 Å². The summed E-state index contributed by atoms with van der Waals surface area (Å²) >= 11 is 0. The molecule has 0 aromatic carbocycles. The third kappa shape index (κ3) is 3.60. The maximum Gasteiger partial charge on any atom is 0.328 e. The first-order chi connectivity index (χ1) is 11.1. The van der Waals surface area contributed by atoms with Crippen LogP contribution in [0.25, 0.3) is 0 Å². The van der Waals surface area contributed by atoms with Crippen LogP contribution in [-0.2, 0) is 4.79 Å². The van der Waals surface area contributed by atoms with E-state index in [2.05, 4.69) is 26.8 Å². The van der Waals surface area contributed by atoms with Crippen molar-refractivity contribution in [1.82, 2.24) is 0 Å². The predicted octanol–water partition coefficient (Wildman–Crippen LogP) is 3.54. The van der Waals surface area contributed by atoms with Crippen molar-refractivity contribution in [2.24, 2.45) is 22.7 Å². The summed E-state index contributed by atoms with van der Waals surface area (Å²) in [5.41, 5.74) is 1.90. The first kappa shape index (κ1) is 19.2. The highest BCUT2D eigenvalue weighted by molar-refractivity contribution is 5.80. The average molecular weight is 336 g/mol. The summed E-state index contributed by atoms with van der Waals surface area (Å²) in [5.74, 6) is -0.237. The second kappa shape index (κ2) is 7.01. The van der Waals surface area contributed by atoms with Crippen molar-refractivity contribution in [3.05, 3.63) is 23.3 Å². The Hall–Kier alpha value is -1.13. The van der Waals surface area contributed by atoms with Gasteiger partial charge in [-0.05, 0) is 68.6 Å². The van der Waals surface area contributed by atoms with Crippen molar-refractivity contribution < 1.29 is 20.1 Å². The van der Waals surface area contributed by atoms with E-state index in [0.29, 0.717) is 18.3 Å². The zero-order valence-electron chi connectivity index (χ0n) is 15.4. The molecule has 1 fully saturated rings. The van der Waals surface area contributed by atoms with E-state index >= 15 is 0 Å². The van der Waals surface area contributed by atoms with Crippen LogP contribution in [0, 0.1) is 22.7 Å². The number of rotatable bonds is 5. The molecule has 0 aliphatic heterocycles. The molecular weight excluding hydrogens is 304 g/mol. The average Bonchev–Trinajstić information content (AvgIpc) is 2.44. The van der Waals surface area contributed by atoms with Crippen LogP contribution in [0.15, 0.2) is 23.3 Å². The maximum atomic E-state index is 10.8. The quantitative estimate of drug-likeness (QED) is 0.530. The van der Waals surface area contributed by atoms with Gasteiger partial charge in [-0.15, -0.1) is 0 Å². The number of aliphatic hydroxyl groups is 2. The summed E-state index contributed by atoms with van der Waals surface area (Å²) in [6.07, 6.45) is 7.19. The maximum absolute atomic E-state index is 10.8. The molecule has 0 aromatic rings. The molecule has 0 spiro atoms. The monoisotopic (exact) mass is 336 g/mol. The fourth-order valence-corrected chi connectivity index (χ4v) is 5.49. The lowest BCUT2D eigenvalue weighted by molar-refractivity contribution is -0.131.